The van der Waals surface area contributed by atoms with Crippen molar-refractivity contribution in [2.75, 3.05) is 6.54 Å². The van der Waals surface area contributed by atoms with Gasteiger partial charge in [-0.2, -0.15) is 0 Å². The predicted molar refractivity (Wildman–Crippen MR) is 85.1 cm³/mol. The summed E-state index contributed by atoms with van der Waals surface area (Å²) in [6.45, 7) is 4.34. The summed E-state index contributed by atoms with van der Waals surface area (Å²) in [6, 6.07) is 8.06. The minimum absolute atomic E-state index is 0. The number of aromatic nitrogens is 1. The fourth-order valence-corrected chi connectivity index (χ4v) is 2.06. The second kappa shape index (κ2) is 7.31. The van der Waals surface area contributed by atoms with Gasteiger partial charge in [0.2, 0.25) is 5.91 Å². The van der Waals surface area contributed by atoms with Crippen LogP contribution in [0.25, 0.3) is 10.9 Å². The fourth-order valence-electron chi connectivity index (χ4n) is 2.06. The molecule has 0 radical (unpaired) electrons. The van der Waals surface area contributed by atoms with E-state index in [9.17, 15) is 4.79 Å². The highest BCUT2D eigenvalue weighted by Gasteiger charge is 2.16. The Labute approximate surface area is 125 Å². The van der Waals surface area contributed by atoms with Gasteiger partial charge in [0, 0.05) is 35.6 Å². The minimum Gasteiger partial charge on any atom is -0.361 e. The van der Waals surface area contributed by atoms with E-state index >= 15 is 0 Å². The lowest BCUT2D eigenvalue weighted by Crippen LogP contribution is -2.39. The Morgan fingerprint density at radius 1 is 1.35 bits per heavy atom. The third kappa shape index (κ3) is 3.74. The zero-order valence-corrected chi connectivity index (χ0v) is 12.7. The molecule has 0 aliphatic carbocycles. The van der Waals surface area contributed by atoms with Crippen molar-refractivity contribution in [3.05, 3.63) is 36.0 Å². The molecule has 4 N–H and O–H groups in total. The molecule has 1 amide bonds. The Bertz CT molecular complexity index is 565. The molecule has 2 atom stereocenters. The van der Waals surface area contributed by atoms with Crippen molar-refractivity contribution in [2.45, 2.75) is 26.3 Å². The van der Waals surface area contributed by atoms with Gasteiger partial charge in [-0.3, -0.25) is 4.79 Å². The number of fused-ring (bicyclic) bond motifs is 1. The molecular weight excluding hydrogens is 274 g/mol. The minimum atomic E-state index is -0.150. The predicted octanol–water partition coefficient (Wildman–Crippen LogP) is 2.23. The monoisotopic (exact) mass is 295 g/mol. The lowest BCUT2D eigenvalue weighted by molar-refractivity contribution is -0.124. The highest BCUT2D eigenvalue weighted by atomic mass is 35.5. The van der Waals surface area contributed by atoms with Crippen LogP contribution in [0.5, 0.6) is 0 Å². The van der Waals surface area contributed by atoms with Crippen molar-refractivity contribution in [3.63, 3.8) is 0 Å². The molecule has 0 fully saturated rings. The standard InChI is InChI=1S/C15H21N3O.ClH/c1-10(11(2)16)15(19)17-8-7-12-9-18-14-6-4-3-5-13(12)14;/h3-6,9-11,18H,7-8,16H2,1-2H3,(H,17,19);1H. The van der Waals surface area contributed by atoms with Crippen molar-refractivity contribution >= 4 is 29.2 Å². The smallest absolute Gasteiger partial charge is 0.224 e. The maximum atomic E-state index is 11.8. The fraction of sp³-hybridized carbons (Fsp3) is 0.400. The first-order valence-corrected chi connectivity index (χ1v) is 6.68. The molecule has 0 aliphatic heterocycles. The van der Waals surface area contributed by atoms with E-state index in [4.69, 9.17) is 5.73 Å². The molecule has 2 unspecified atom stereocenters. The molecule has 1 heterocycles. The number of halogens is 1. The number of hydrogen-bond acceptors (Lipinski definition) is 2. The summed E-state index contributed by atoms with van der Waals surface area (Å²) in [6.07, 6.45) is 2.83. The van der Waals surface area contributed by atoms with Gasteiger partial charge in [0.15, 0.2) is 0 Å². The number of nitrogens with one attached hydrogen (secondary N) is 2. The molecule has 1 aromatic heterocycles. The molecule has 2 rings (SSSR count). The van der Waals surface area contributed by atoms with Crippen LogP contribution in [0.4, 0.5) is 0 Å². The molecule has 1 aromatic carbocycles. The molecule has 0 saturated carbocycles. The molecule has 2 aromatic rings. The quantitative estimate of drug-likeness (QED) is 0.791. The zero-order chi connectivity index (χ0) is 13.8. The van der Waals surface area contributed by atoms with Crippen LogP contribution < -0.4 is 11.1 Å². The van der Waals surface area contributed by atoms with Crippen LogP contribution in [-0.2, 0) is 11.2 Å². The molecule has 0 bridgehead atoms. The number of amides is 1. The average molecular weight is 296 g/mol. The first kappa shape index (κ1) is 16.5. The van der Waals surface area contributed by atoms with Crippen LogP contribution in [-0.4, -0.2) is 23.5 Å². The second-order valence-corrected chi connectivity index (χ2v) is 5.05. The second-order valence-electron chi connectivity index (χ2n) is 5.05. The third-order valence-electron chi connectivity index (χ3n) is 3.57. The molecule has 20 heavy (non-hydrogen) atoms. The van der Waals surface area contributed by atoms with Gasteiger partial charge in [0.1, 0.15) is 0 Å². The third-order valence-corrected chi connectivity index (χ3v) is 3.57. The summed E-state index contributed by atoms with van der Waals surface area (Å²) in [7, 11) is 0. The number of rotatable bonds is 5. The number of para-hydroxylation sites is 1. The van der Waals surface area contributed by atoms with Crippen LogP contribution in [0.15, 0.2) is 30.5 Å². The number of hydrogen-bond donors (Lipinski definition) is 3. The van der Waals surface area contributed by atoms with Crippen LogP contribution in [0.3, 0.4) is 0 Å². The number of H-pyrrole nitrogens is 1. The molecule has 0 aliphatic rings. The first-order valence-electron chi connectivity index (χ1n) is 6.68. The van der Waals surface area contributed by atoms with E-state index in [1.807, 2.05) is 32.2 Å². The Hall–Kier alpha value is -1.52. The molecule has 5 heteroatoms. The summed E-state index contributed by atoms with van der Waals surface area (Å²) in [4.78, 5) is 15.0. The van der Waals surface area contributed by atoms with Crippen molar-refractivity contribution in [3.8, 4) is 0 Å². The van der Waals surface area contributed by atoms with Gasteiger partial charge in [-0.25, -0.2) is 0 Å². The van der Waals surface area contributed by atoms with Gasteiger partial charge < -0.3 is 16.0 Å². The van der Waals surface area contributed by atoms with E-state index in [0.717, 1.165) is 11.9 Å². The average Bonchev–Trinajstić information content (AvgIpc) is 2.81. The molecule has 4 nitrogen and oxygen atoms in total. The van der Waals surface area contributed by atoms with Crippen molar-refractivity contribution in [2.24, 2.45) is 11.7 Å². The summed E-state index contributed by atoms with van der Waals surface area (Å²) in [5.41, 5.74) is 8.07. The van der Waals surface area contributed by atoms with Crippen molar-refractivity contribution < 1.29 is 4.79 Å². The van der Waals surface area contributed by atoms with E-state index in [1.54, 1.807) is 0 Å². The first-order chi connectivity index (χ1) is 9.09. The van der Waals surface area contributed by atoms with Gasteiger partial charge in [0.25, 0.3) is 0 Å². The topological polar surface area (TPSA) is 70.9 Å². The SMILES string of the molecule is CC(N)C(C)C(=O)NCCc1c[nH]c2ccccc12.Cl. The summed E-state index contributed by atoms with van der Waals surface area (Å²) in [5, 5.41) is 4.15. The van der Waals surface area contributed by atoms with Crippen LogP contribution in [0, 0.1) is 5.92 Å². The normalized spacial score (nSPS) is 13.6. The molecule has 110 valence electrons. The van der Waals surface area contributed by atoms with E-state index in [0.29, 0.717) is 6.54 Å². The highest BCUT2D eigenvalue weighted by Crippen LogP contribution is 2.17. The van der Waals surface area contributed by atoms with Crippen molar-refractivity contribution in [1.29, 1.82) is 0 Å². The van der Waals surface area contributed by atoms with E-state index in [1.165, 1.54) is 10.9 Å². The molecular formula is C15H22ClN3O. The lowest BCUT2D eigenvalue weighted by atomic mass is 10.0. The number of aromatic amines is 1. The van der Waals surface area contributed by atoms with Crippen LogP contribution in [0.1, 0.15) is 19.4 Å². The number of benzene rings is 1. The summed E-state index contributed by atoms with van der Waals surface area (Å²) in [5.74, 6) is -0.127. The van der Waals surface area contributed by atoms with Gasteiger partial charge in [-0.1, -0.05) is 25.1 Å². The Balaban J connectivity index is 0.00000200. The van der Waals surface area contributed by atoms with E-state index in [2.05, 4.69) is 22.4 Å². The van der Waals surface area contributed by atoms with Crippen LogP contribution in [0.2, 0.25) is 0 Å². The molecule has 0 spiro atoms. The van der Waals surface area contributed by atoms with E-state index < -0.39 is 0 Å². The van der Waals surface area contributed by atoms with Gasteiger partial charge in [-0.05, 0) is 25.0 Å². The Morgan fingerprint density at radius 3 is 2.75 bits per heavy atom. The van der Waals surface area contributed by atoms with Crippen molar-refractivity contribution in [1.82, 2.24) is 10.3 Å². The maximum Gasteiger partial charge on any atom is 0.224 e. The summed E-state index contributed by atoms with van der Waals surface area (Å²) < 4.78 is 0. The largest absolute Gasteiger partial charge is 0.361 e. The highest BCUT2D eigenvalue weighted by molar-refractivity contribution is 5.85. The van der Waals surface area contributed by atoms with Crippen LogP contribution >= 0.6 is 12.4 Å². The maximum absolute atomic E-state index is 11.8. The van der Waals surface area contributed by atoms with Gasteiger partial charge >= 0.3 is 0 Å². The van der Waals surface area contributed by atoms with Gasteiger partial charge in [0.05, 0.1) is 0 Å². The number of nitrogens with two attached hydrogens (primary N) is 1. The number of carbonyl (C=O) groups is 1. The Kier molecular flexibility index (Phi) is 6.05. The molecule has 0 saturated heterocycles. The van der Waals surface area contributed by atoms with Gasteiger partial charge in [-0.15, -0.1) is 12.4 Å². The zero-order valence-electron chi connectivity index (χ0n) is 11.8. The summed E-state index contributed by atoms with van der Waals surface area (Å²) >= 11 is 0. The van der Waals surface area contributed by atoms with E-state index in [-0.39, 0.29) is 30.3 Å². The lowest BCUT2D eigenvalue weighted by Gasteiger charge is -2.15. The number of carbonyl (C=O) groups excluding carboxylic acids is 1. The Morgan fingerprint density at radius 2 is 2.05 bits per heavy atom.